The number of benzene rings is 2. The Kier molecular flexibility index (Phi) is 5.19. The van der Waals surface area contributed by atoms with Crippen LogP contribution in [0, 0.1) is 5.92 Å². The Morgan fingerprint density at radius 3 is 2.22 bits per heavy atom. The van der Waals surface area contributed by atoms with E-state index in [9.17, 15) is 18.0 Å². The molecule has 7 heteroatoms. The highest BCUT2D eigenvalue weighted by atomic mass is 19.4. The van der Waals surface area contributed by atoms with Crippen LogP contribution >= 0.6 is 0 Å². The van der Waals surface area contributed by atoms with Crippen LogP contribution < -0.4 is 4.90 Å². The maximum atomic E-state index is 12.7. The second kappa shape index (κ2) is 7.80. The van der Waals surface area contributed by atoms with E-state index in [1.165, 1.54) is 30.7 Å². The fourth-order valence-electron chi connectivity index (χ4n) is 5.43. The molecule has 2 heterocycles. The average molecular weight is 444 g/mol. The number of hydrogen-bond acceptors (Lipinski definition) is 3. The summed E-state index contributed by atoms with van der Waals surface area (Å²) in [5.74, 6) is 0.586. The predicted octanol–water partition coefficient (Wildman–Crippen LogP) is 4.26. The molecular formula is C25H28F3N3O. The van der Waals surface area contributed by atoms with Gasteiger partial charge in [0.1, 0.15) is 0 Å². The van der Waals surface area contributed by atoms with E-state index in [1.54, 1.807) is 4.90 Å². The first kappa shape index (κ1) is 21.3. The minimum absolute atomic E-state index is 0.214. The average Bonchev–Trinajstić information content (AvgIpc) is 3.39. The van der Waals surface area contributed by atoms with Gasteiger partial charge in [0.15, 0.2) is 0 Å². The van der Waals surface area contributed by atoms with Gasteiger partial charge in [0.25, 0.3) is 5.91 Å². The molecule has 5 rings (SSSR count). The highest BCUT2D eigenvalue weighted by Crippen LogP contribution is 2.59. The monoisotopic (exact) mass is 443 g/mol. The number of likely N-dealkylation sites (N-methyl/N-ethyl adjacent to an activating group) is 1. The molecule has 4 nitrogen and oxygen atoms in total. The molecule has 2 aliphatic heterocycles. The highest BCUT2D eigenvalue weighted by Gasteiger charge is 2.60. The SMILES string of the molecule is CCN1CC2CC2(c2ccc(N3CCN(C(=O)c4ccc(C(F)(F)F)cc4)CC3)cc2)C1. The van der Waals surface area contributed by atoms with Gasteiger partial charge in [-0.05, 0) is 60.8 Å². The molecule has 2 aromatic carbocycles. The van der Waals surface area contributed by atoms with Crippen molar-refractivity contribution in [1.29, 1.82) is 0 Å². The van der Waals surface area contributed by atoms with Crippen LogP contribution in [0.1, 0.15) is 34.8 Å². The summed E-state index contributed by atoms with van der Waals surface area (Å²) in [6, 6.07) is 13.4. The van der Waals surface area contributed by atoms with E-state index in [4.69, 9.17) is 0 Å². The van der Waals surface area contributed by atoms with Gasteiger partial charge < -0.3 is 14.7 Å². The van der Waals surface area contributed by atoms with Crippen molar-refractivity contribution in [3.8, 4) is 0 Å². The van der Waals surface area contributed by atoms with E-state index in [1.807, 2.05) is 0 Å². The minimum atomic E-state index is -4.39. The third kappa shape index (κ3) is 3.76. The summed E-state index contributed by atoms with van der Waals surface area (Å²) in [4.78, 5) is 19.2. The molecule has 0 bridgehead atoms. The van der Waals surface area contributed by atoms with E-state index in [-0.39, 0.29) is 5.91 Å². The number of carbonyl (C=O) groups is 1. The summed E-state index contributed by atoms with van der Waals surface area (Å²) in [6.45, 7) is 8.26. The molecule has 0 radical (unpaired) electrons. The zero-order valence-electron chi connectivity index (χ0n) is 18.2. The van der Waals surface area contributed by atoms with Crippen molar-refractivity contribution < 1.29 is 18.0 Å². The van der Waals surface area contributed by atoms with Crippen molar-refractivity contribution in [2.75, 3.05) is 50.7 Å². The first-order chi connectivity index (χ1) is 15.3. The summed E-state index contributed by atoms with van der Waals surface area (Å²) in [5.41, 5.74) is 2.53. The van der Waals surface area contributed by atoms with Crippen LogP contribution in [0.5, 0.6) is 0 Å². The van der Waals surface area contributed by atoms with Crippen molar-refractivity contribution in [1.82, 2.24) is 9.80 Å². The van der Waals surface area contributed by atoms with Crippen LogP contribution in [0.2, 0.25) is 0 Å². The molecule has 3 fully saturated rings. The molecule has 1 amide bonds. The number of halogens is 3. The maximum absolute atomic E-state index is 12.7. The molecule has 2 saturated heterocycles. The van der Waals surface area contributed by atoms with Gasteiger partial charge >= 0.3 is 6.18 Å². The second-order valence-electron chi connectivity index (χ2n) is 9.29. The number of alkyl halides is 3. The van der Waals surface area contributed by atoms with Crippen LogP contribution in [0.25, 0.3) is 0 Å². The number of carbonyl (C=O) groups excluding carboxylic acids is 1. The van der Waals surface area contributed by atoms with Gasteiger partial charge in [-0.3, -0.25) is 4.79 Å². The second-order valence-corrected chi connectivity index (χ2v) is 9.29. The highest BCUT2D eigenvalue weighted by molar-refractivity contribution is 5.94. The van der Waals surface area contributed by atoms with Crippen LogP contribution in [0.4, 0.5) is 18.9 Å². The molecule has 0 aromatic heterocycles. The summed E-state index contributed by atoms with van der Waals surface area (Å²) in [5, 5.41) is 0. The van der Waals surface area contributed by atoms with E-state index in [0.717, 1.165) is 36.8 Å². The van der Waals surface area contributed by atoms with Gasteiger partial charge in [-0.15, -0.1) is 0 Å². The minimum Gasteiger partial charge on any atom is -0.368 e. The zero-order chi connectivity index (χ0) is 22.5. The normalized spacial score (nSPS) is 25.7. The van der Waals surface area contributed by atoms with Gasteiger partial charge in [0.05, 0.1) is 5.56 Å². The zero-order valence-corrected chi connectivity index (χ0v) is 18.2. The van der Waals surface area contributed by atoms with Crippen molar-refractivity contribution in [3.63, 3.8) is 0 Å². The number of anilines is 1. The maximum Gasteiger partial charge on any atom is 0.416 e. The molecule has 3 aliphatic rings. The summed E-state index contributed by atoms with van der Waals surface area (Å²) >= 11 is 0. The summed E-state index contributed by atoms with van der Waals surface area (Å²) in [6.07, 6.45) is -3.09. The first-order valence-electron chi connectivity index (χ1n) is 11.3. The third-order valence-corrected chi connectivity index (χ3v) is 7.50. The molecule has 1 saturated carbocycles. The molecule has 2 unspecified atom stereocenters. The molecule has 0 N–H and O–H groups in total. The van der Waals surface area contributed by atoms with Crippen LogP contribution in [0.3, 0.4) is 0 Å². The number of rotatable bonds is 4. The topological polar surface area (TPSA) is 26.8 Å². The molecular weight excluding hydrogens is 415 g/mol. The molecule has 32 heavy (non-hydrogen) atoms. The lowest BCUT2D eigenvalue weighted by atomic mass is 9.94. The number of likely N-dealkylation sites (tertiary alicyclic amines) is 1. The Balaban J connectivity index is 1.18. The lowest BCUT2D eigenvalue weighted by Gasteiger charge is -2.36. The van der Waals surface area contributed by atoms with Crippen molar-refractivity contribution in [2.45, 2.75) is 24.9 Å². The Labute approximate surface area is 186 Å². The molecule has 170 valence electrons. The Morgan fingerprint density at radius 2 is 1.66 bits per heavy atom. The Morgan fingerprint density at radius 1 is 1.00 bits per heavy atom. The predicted molar refractivity (Wildman–Crippen MR) is 118 cm³/mol. The van der Waals surface area contributed by atoms with Crippen LogP contribution in [0.15, 0.2) is 48.5 Å². The lowest BCUT2D eigenvalue weighted by Crippen LogP contribution is -2.48. The van der Waals surface area contributed by atoms with Crippen molar-refractivity contribution >= 4 is 11.6 Å². The number of amides is 1. The van der Waals surface area contributed by atoms with E-state index < -0.39 is 11.7 Å². The van der Waals surface area contributed by atoms with Gasteiger partial charge in [-0.25, -0.2) is 0 Å². The standard InChI is InChI=1S/C25H28F3N3O/c1-2-29-16-21-15-24(21,17-29)19-7-9-22(10-8-19)30-11-13-31(14-12-30)23(32)18-3-5-20(6-4-18)25(26,27)28/h3-10,21H,2,11-17H2,1H3. The summed E-state index contributed by atoms with van der Waals surface area (Å²) in [7, 11) is 0. The Bertz CT molecular complexity index is 981. The van der Waals surface area contributed by atoms with Gasteiger partial charge in [0.2, 0.25) is 0 Å². The lowest BCUT2D eigenvalue weighted by molar-refractivity contribution is -0.137. The van der Waals surface area contributed by atoms with Gasteiger partial charge in [0, 0.05) is 55.9 Å². The van der Waals surface area contributed by atoms with Crippen molar-refractivity contribution in [2.24, 2.45) is 5.92 Å². The third-order valence-electron chi connectivity index (χ3n) is 7.50. The van der Waals surface area contributed by atoms with Gasteiger partial charge in [-0.1, -0.05) is 19.1 Å². The molecule has 1 aliphatic carbocycles. The quantitative estimate of drug-likeness (QED) is 0.707. The number of hydrogen-bond donors (Lipinski definition) is 0. The number of piperazine rings is 1. The van der Waals surface area contributed by atoms with Crippen LogP contribution in [-0.2, 0) is 11.6 Å². The van der Waals surface area contributed by atoms with E-state index in [2.05, 4.69) is 41.0 Å². The molecule has 2 aromatic rings. The van der Waals surface area contributed by atoms with Crippen LogP contribution in [-0.4, -0.2) is 61.5 Å². The van der Waals surface area contributed by atoms with E-state index in [0.29, 0.717) is 37.2 Å². The van der Waals surface area contributed by atoms with Gasteiger partial charge in [-0.2, -0.15) is 13.2 Å². The smallest absolute Gasteiger partial charge is 0.368 e. The first-order valence-corrected chi connectivity index (χ1v) is 11.3. The number of nitrogens with zero attached hydrogens (tertiary/aromatic N) is 3. The number of fused-ring (bicyclic) bond motifs is 1. The largest absolute Gasteiger partial charge is 0.416 e. The summed E-state index contributed by atoms with van der Waals surface area (Å²) < 4.78 is 38.2. The fourth-order valence-corrected chi connectivity index (χ4v) is 5.43. The van der Waals surface area contributed by atoms with E-state index >= 15 is 0 Å². The molecule has 0 spiro atoms. The number of piperidine rings is 1. The van der Waals surface area contributed by atoms with Crippen molar-refractivity contribution in [3.05, 3.63) is 65.2 Å². The fraction of sp³-hybridized carbons (Fsp3) is 0.480. The molecule has 2 atom stereocenters. The Hall–Kier alpha value is -2.54.